The van der Waals surface area contributed by atoms with Gasteiger partial charge in [0.05, 0.1) is 11.6 Å². The molecule has 1 aromatic heterocycles. The second kappa shape index (κ2) is 5.34. The van der Waals surface area contributed by atoms with Gasteiger partial charge in [-0.1, -0.05) is 0 Å². The van der Waals surface area contributed by atoms with Gasteiger partial charge in [-0.3, -0.25) is 10.1 Å². The Bertz CT molecular complexity index is 460. The van der Waals surface area contributed by atoms with Gasteiger partial charge >= 0.3 is 12.0 Å². The highest BCUT2D eigenvalue weighted by Gasteiger charge is 2.28. The number of likely N-dealkylation sites (tertiary alicyclic amines) is 1. The summed E-state index contributed by atoms with van der Waals surface area (Å²) in [6.07, 6.45) is 1.36. The first kappa shape index (κ1) is 12.8. The number of thiazole rings is 1. The molecule has 0 radical (unpaired) electrons. The minimum Gasteiger partial charge on any atom is -0.481 e. The third kappa shape index (κ3) is 2.98. The van der Waals surface area contributed by atoms with Crippen LogP contribution in [-0.2, 0) is 4.79 Å². The van der Waals surface area contributed by atoms with Gasteiger partial charge in [-0.25, -0.2) is 9.78 Å². The molecule has 0 spiro atoms. The topological polar surface area (TPSA) is 82.5 Å². The fourth-order valence-electron chi connectivity index (χ4n) is 1.95. The lowest BCUT2D eigenvalue weighted by atomic mass is 9.99. The van der Waals surface area contributed by atoms with Crippen molar-refractivity contribution in [2.24, 2.45) is 5.92 Å². The van der Waals surface area contributed by atoms with E-state index in [1.807, 2.05) is 12.3 Å². The predicted octanol–water partition coefficient (Wildman–Crippen LogP) is 1.78. The number of hydrogen-bond donors (Lipinski definition) is 2. The minimum atomic E-state index is -0.836. The lowest BCUT2D eigenvalue weighted by Crippen LogP contribution is -2.44. The van der Waals surface area contributed by atoms with Crippen molar-refractivity contribution in [3.05, 3.63) is 11.1 Å². The summed E-state index contributed by atoms with van der Waals surface area (Å²) >= 11 is 1.36. The van der Waals surface area contributed by atoms with Crippen molar-refractivity contribution in [2.45, 2.75) is 19.8 Å². The van der Waals surface area contributed by atoms with E-state index in [1.54, 1.807) is 4.90 Å². The first-order valence-corrected chi connectivity index (χ1v) is 6.65. The van der Waals surface area contributed by atoms with Crippen LogP contribution in [0, 0.1) is 12.8 Å². The zero-order chi connectivity index (χ0) is 13.1. The van der Waals surface area contributed by atoms with E-state index in [0.29, 0.717) is 18.1 Å². The van der Waals surface area contributed by atoms with Gasteiger partial charge in [0, 0.05) is 18.5 Å². The van der Waals surface area contributed by atoms with Gasteiger partial charge in [0.15, 0.2) is 5.13 Å². The molecule has 0 saturated carbocycles. The smallest absolute Gasteiger partial charge is 0.323 e. The zero-order valence-electron chi connectivity index (χ0n) is 10.0. The molecular formula is C11H15N3O3S. The number of carboxylic acids is 1. The van der Waals surface area contributed by atoms with Gasteiger partial charge in [0.1, 0.15) is 0 Å². The Hall–Kier alpha value is -1.63. The van der Waals surface area contributed by atoms with Gasteiger partial charge in [0.2, 0.25) is 0 Å². The number of amides is 2. The molecule has 98 valence electrons. The summed E-state index contributed by atoms with van der Waals surface area (Å²) in [5, 5.41) is 14.1. The Morgan fingerprint density at radius 1 is 1.61 bits per heavy atom. The van der Waals surface area contributed by atoms with Crippen LogP contribution in [0.1, 0.15) is 18.5 Å². The number of carbonyl (C=O) groups is 2. The molecule has 18 heavy (non-hydrogen) atoms. The van der Waals surface area contributed by atoms with Crippen LogP contribution < -0.4 is 5.32 Å². The first-order valence-electron chi connectivity index (χ1n) is 5.77. The highest BCUT2D eigenvalue weighted by Crippen LogP contribution is 2.19. The number of aryl methyl sites for hydroxylation is 1. The van der Waals surface area contributed by atoms with Crippen molar-refractivity contribution in [3.63, 3.8) is 0 Å². The number of piperidine rings is 1. The van der Waals surface area contributed by atoms with E-state index in [2.05, 4.69) is 10.3 Å². The van der Waals surface area contributed by atoms with E-state index in [1.165, 1.54) is 11.3 Å². The summed E-state index contributed by atoms with van der Waals surface area (Å²) in [6, 6.07) is -0.268. The van der Waals surface area contributed by atoms with E-state index in [4.69, 9.17) is 5.11 Å². The molecule has 6 nitrogen and oxygen atoms in total. The van der Waals surface area contributed by atoms with Crippen LogP contribution in [0.15, 0.2) is 5.38 Å². The molecule has 0 aliphatic carbocycles. The third-order valence-electron chi connectivity index (χ3n) is 2.89. The number of anilines is 1. The molecule has 0 aromatic carbocycles. The van der Waals surface area contributed by atoms with Crippen molar-refractivity contribution in [2.75, 3.05) is 18.4 Å². The number of nitrogens with one attached hydrogen (secondary N) is 1. The molecule has 2 rings (SSSR count). The number of urea groups is 1. The maximum Gasteiger partial charge on any atom is 0.323 e. The number of carboxylic acid groups (broad SMARTS) is 1. The number of hydrogen-bond acceptors (Lipinski definition) is 4. The van der Waals surface area contributed by atoms with Crippen LogP contribution in [0.5, 0.6) is 0 Å². The molecule has 1 atom stereocenters. The lowest BCUT2D eigenvalue weighted by molar-refractivity contribution is -0.143. The molecule has 7 heteroatoms. The number of rotatable bonds is 2. The Balaban J connectivity index is 1.94. The van der Waals surface area contributed by atoms with E-state index in [-0.39, 0.29) is 12.6 Å². The molecular weight excluding hydrogens is 254 g/mol. The van der Waals surface area contributed by atoms with E-state index < -0.39 is 11.9 Å². The quantitative estimate of drug-likeness (QED) is 0.857. The molecule has 0 unspecified atom stereocenters. The zero-order valence-corrected chi connectivity index (χ0v) is 10.9. The number of nitrogens with zero attached hydrogens (tertiary/aromatic N) is 2. The van der Waals surface area contributed by atoms with Crippen molar-refractivity contribution >= 4 is 28.5 Å². The second-order valence-corrected chi connectivity index (χ2v) is 5.21. The van der Waals surface area contributed by atoms with Crippen LogP contribution in [0.3, 0.4) is 0 Å². The van der Waals surface area contributed by atoms with Gasteiger partial charge < -0.3 is 10.0 Å². The average molecular weight is 269 g/mol. The monoisotopic (exact) mass is 269 g/mol. The summed E-state index contributed by atoms with van der Waals surface area (Å²) in [5.41, 5.74) is 0.859. The largest absolute Gasteiger partial charge is 0.481 e. The molecule has 2 heterocycles. The summed E-state index contributed by atoms with van der Waals surface area (Å²) in [5.74, 6) is -1.29. The van der Waals surface area contributed by atoms with Crippen molar-refractivity contribution in [1.29, 1.82) is 0 Å². The standard InChI is InChI=1S/C11H15N3O3S/c1-7-6-18-10(12-7)13-11(17)14-4-2-3-8(5-14)9(15)16/h6,8H,2-5H2,1H3,(H,15,16)(H,12,13,17)/t8-/m1/s1. The van der Waals surface area contributed by atoms with Crippen molar-refractivity contribution in [1.82, 2.24) is 9.88 Å². The maximum atomic E-state index is 11.9. The van der Waals surface area contributed by atoms with Gasteiger partial charge in [-0.05, 0) is 19.8 Å². The Labute approximate surface area is 109 Å². The molecule has 1 aromatic rings. The fourth-order valence-corrected chi connectivity index (χ4v) is 2.62. The van der Waals surface area contributed by atoms with Crippen LogP contribution in [-0.4, -0.2) is 40.1 Å². The fraction of sp³-hybridized carbons (Fsp3) is 0.545. The minimum absolute atomic E-state index is 0.268. The maximum absolute atomic E-state index is 11.9. The van der Waals surface area contributed by atoms with Crippen molar-refractivity contribution < 1.29 is 14.7 Å². The normalized spacial score (nSPS) is 19.6. The summed E-state index contributed by atoms with van der Waals surface area (Å²) < 4.78 is 0. The number of aromatic nitrogens is 1. The molecule has 1 aliphatic heterocycles. The van der Waals surface area contributed by atoms with Gasteiger partial charge in [-0.15, -0.1) is 11.3 Å². The first-order chi connectivity index (χ1) is 8.56. The number of carbonyl (C=O) groups excluding carboxylic acids is 1. The molecule has 2 N–H and O–H groups in total. The number of aliphatic carboxylic acids is 1. The molecule has 1 fully saturated rings. The second-order valence-electron chi connectivity index (χ2n) is 4.35. The molecule has 2 amide bonds. The average Bonchev–Trinajstić information content (AvgIpc) is 2.75. The predicted molar refractivity (Wildman–Crippen MR) is 67.8 cm³/mol. The van der Waals surface area contributed by atoms with Gasteiger partial charge in [-0.2, -0.15) is 0 Å². The van der Waals surface area contributed by atoms with Crippen LogP contribution in [0.2, 0.25) is 0 Å². The Kier molecular flexibility index (Phi) is 3.81. The molecule has 1 aliphatic rings. The highest BCUT2D eigenvalue weighted by atomic mass is 32.1. The molecule has 0 bridgehead atoms. The van der Waals surface area contributed by atoms with Crippen LogP contribution >= 0.6 is 11.3 Å². The Morgan fingerprint density at radius 3 is 3.00 bits per heavy atom. The lowest BCUT2D eigenvalue weighted by Gasteiger charge is -2.30. The van der Waals surface area contributed by atoms with Crippen LogP contribution in [0.4, 0.5) is 9.93 Å². The summed E-state index contributed by atoms with van der Waals surface area (Å²) in [4.78, 5) is 28.5. The SMILES string of the molecule is Cc1csc(NC(=O)N2CCC[C@@H](C(=O)O)C2)n1. The Morgan fingerprint density at radius 2 is 2.39 bits per heavy atom. The van der Waals surface area contributed by atoms with Crippen LogP contribution in [0.25, 0.3) is 0 Å². The highest BCUT2D eigenvalue weighted by molar-refractivity contribution is 7.13. The van der Waals surface area contributed by atoms with E-state index in [0.717, 1.165) is 12.1 Å². The molecule has 1 saturated heterocycles. The summed E-state index contributed by atoms with van der Waals surface area (Å²) in [7, 11) is 0. The van der Waals surface area contributed by atoms with Gasteiger partial charge in [0.25, 0.3) is 0 Å². The third-order valence-corrected chi connectivity index (χ3v) is 3.77. The van der Waals surface area contributed by atoms with E-state index >= 15 is 0 Å². The van der Waals surface area contributed by atoms with Crippen molar-refractivity contribution in [3.8, 4) is 0 Å². The summed E-state index contributed by atoms with van der Waals surface area (Å²) in [6.45, 7) is 2.72. The van der Waals surface area contributed by atoms with E-state index in [9.17, 15) is 9.59 Å².